The van der Waals surface area contributed by atoms with Crippen LogP contribution in [0.5, 0.6) is 0 Å². The van der Waals surface area contributed by atoms with Crippen LogP contribution < -0.4 is 0 Å². The van der Waals surface area contributed by atoms with Gasteiger partial charge in [-0.05, 0) is 18.9 Å². The Morgan fingerprint density at radius 2 is 2.04 bits per heavy atom. The molecule has 0 spiro atoms. The Balaban J connectivity index is 2.12. The van der Waals surface area contributed by atoms with E-state index in [1.807, 2.05) is 30.3 Å². The van der Waals surface area contributed by atoms with Gasteiger partial charge < -0.3 is 14.7 Å². The lowest BCUT2D eigenvalue weighted by atomic mass is 9.74. The molecule has 2 rings (SSSR count). The van der Waals surface area contributed by atoms with Crippen LogP contribution in [0.25, 0.3) is 0 Å². The van der Waals surface area contributed by atoms with Crippen LogP contribution in [0.4, 0.5) is 9.18 Å². The second kappa shape index (κ2) is 6.98. The molecular formula is C17H22FNO4. The zero-order chi connectivity index (χ0) is 17.0. The Kier molecular flexibility index (Phi) is 5.23. The molecule has 126 valence electrons. The van der Waals surface area contributed by atoms with Crippen molar-refractivity contribution in [3.8, 4) is 0 Å². The summed E-state index contributed by atoms with van der Waals surface area (Å²) in [4.78, 5) is 25.4. The number of benzene rings is 1. The molecule has 0 aromatic heterocycles. The highest BCUT2D eigenvalue weighted by Crippen LogP contribution is 2.43. The second-order valence-corrected chi connectivity index (χ2v) is 6.06. The first-order valence-corrected chi connectivity index (χ1v) is 7.71. The average Bonchev–Trinajstić information content (AvgIpc) is 2.86. The molecule has 0 aliphatic carbocycles. The number of rotatable bonds is 5. The number of alkyl halides is 1. The first-order valence-electron chi connectivity index (χ1n) is 7.71. The highest BCUT2D eigenvalue weighted by molar-refractivity contribution is 5.79. The molecule has 23 heavy (non-hydrogen) atoms. The van der Waals surface area contributed by atoms with E-state index in [1.165, 1.54) is 11.8 Å². The first kappa shape index (κ1) is 17.2. The Morgan fingerprint density at radius 1 is 1.39 bits per heavy atom. The van der Waals surface area contributed by atoms with E-state index in [2.05, 4.69) is 0 Å². The molecular weight excluding hydrogens is 301 g/mol. The van der Waals surface area contributed by atoms with E-state index in [4.69, 9.17) is 4.74 Å². The molecule has 1 aliphatic rings. The van der Waals surface area contributed by atoms with Gasteiger partial charge in [0.25, 0.3) is 0 Å². The van der Waals surface area contributed by atoms with E-state index in [9.17, 15) is 19.1 Å². The van der Waals surface area contributed by atoms with Crippen molar-refractivity contribution in [1.82, 2.24) is 4.90 Å². The van der Waals surface area contributed by atoms with Crippen molar-refractivity contribution in [2.45, 2.75) is 32.9 Å². The zero-order valence-corrected chi connectivity index (χ0v) is 13.4. The van der Waals surface area contributed by atoms with E-state index in [-0.39, 0.29) is 13.2 Å². The molecule has 5 nitrogen and oxygen atoms in total. The first-order chi connectivity index (χ1) is 10.9. The number of nitrogens with zero attached hydrogens (tertiary/aromatic N) is 1. The Bertz CT molecular complexity index is 565. The predicted molar refractivity (Wildman–Crippen MR) is 82.6 cm³/mol. The third kappa shape index (κ3) is 3.16. The van der Waals surface area contributed by atoms with E-state index in [0.29, 0.717) is 6.42 Å². The van der Waals surface area contributed by atoms with Crippen molar-refractivity contribution >= 4 is 12.1 Å². The van der Waals surface area contributed by atoms with Gasteiger partial charge in [0.05, 0.1) is 18.1 Å². The summed E-state index contributed by atoms with van der Waals surface area (Å²) in [7, 11) is 0. The van der Waals surface area contributed by atoms with Crippen LogP contribution in [-0.4, -0.2) is 41.3 Å². The molecule has 6 heteroatoms. The summed E-state index contributed by atoms with van der Waals surface area (Å²) >= 11 is 0. The fourth-order valence-electron chi connectivity index (χ4n) is 3.32. The minimum atomic E-state index is -1.30. The van der Waals surface area contributed by atoms with Gasteiger partial charge in [0.15, 0.2) is 0 Å². The molecule has 1 N–H and O–H groups in total. The number of halogens is 1. The van der Waals surface area contributed by atoms with Gasteiger partial charge in [-0.15, -0.1) is 0 Å². The summed E-state index contributed by atoms with van der Waals surface area (Å²) in [5.74, 6) is -1.81. The predicted octanol–water partition coefficient (Wildman–Crippen LogP) is 3.09. The smallest absolute Gasteiger partial charge is 0.410 e. The lowest BCUT2D eigenvalue weighted by Crippen LogP contribution is -2.46. The van der Waals surface area contributed by atoms with E-state index in [0.717, 1.165) is 5.56 Å². The number of carboxylic acid groups (broad SMARTS) is 1. The zero-order valence-electron chi connectivity index (χ0n) is 13.4. The molecule has 1 aromatic carbocycles. The topological polar surface area (TPSA) is 66.8 Å². The number of ether oxygens (including phenoxy) is 1. The van der Waals surface area contributed by atoms with Crippen LogP contribution in [0.3, 0.4) is 0 Å². The summed E-state index contributed by atoms with van der Waals surface area (Å²) in [5, 5.41) is 9.54. The molecule has 1 aromatic rings. The molecule has 1 unspecified atom stereocenters. The minimum Gasteiger partial charge on any atom is -0.481 e. The van der Waals surface area contributed by atoms with Gasteiger partial charge in [-0.1, -0.05) is 37.3 Å². The number of carbonyl (C=O) groups is 2. The van der Waals surface area contributed by atoms with Crippen LogP contribution >= 0.6 is 0 Å². The third-order valence-corrected chi connectivity index (χ3v) is 4.81. The van der Waals surface area contributed by atoms with Crippen LogP contribution in [-0.2, 0) is 16.1 Å². The Hall–Kier alpha value is -2.11. The van der Waals surface area contributed by atoms with Gasteiger partial charge in [0, 0.05) is 12.5 Å². The van der Waals surface area contributed by atoms with Crippen LogP contribution in [0.15, 0.2) is 30.3 Å². The summed E-state index contributed by atoms with van der Waals surface area (Å²) in [6.07, 6.45) is -0.163. The van der Waals surface area contributed by atoms with Crippen molar-refractivity contribution in [3.05, 3.63) is 35.9 Å². The summed E-state index contributed by atoms with van der Waals surface area (Å²) < 4.78 is 18.6. The van der Waals surface area contributed by atoms with Crippen LogP contribution in [0.2, 0.25) is 0 Å². The van der Waals surface area contributed by atoms with E-state index < -0.39 is 36.1 Å². The largest absolute Gasteiger partial charge is 0.481 e. The molecule has 1 amide bonds. The van der Waals surface area contributed by atoms with Crippen molar-refractivity contribution in [3.63, 3.8) is 0 Å². The Labute approximate surface area is 135 Å². The van der Waals surface area contributed by atoms with Crippen molar-refractivity contribution in [2.75, 3.05) is 13.2 Å². The number of amides is 1. The second-order valence-electron chi connectivity index (χ2n) is 6.06. The molecule has 1 heterocycles. The highest BCUT2D eigenvalue weighted by Gasteiger charge is 2.57. The maximum absolute atomic E-state index is 13.3. The fourth-order valence-corrected chi connectivity index (χ4v) is 3.32. The lowest BCUT2D eigenvalue weighted by Gasteiger charge is -2.32. The SMILES string of the molecule is CCC1N(C(=O)OCc2ccccc2)C[C@H](CF)[C@@]1(C)C(=O)O. The number of hydrogen-bond donors (Lipinski definition) is 1. The number of aliphatic carboxylic acids is 1. The van der Waals surface area contributed by atoms with Gasteiger partial charge in [-0.25, -0.2) is 4.79 Å². The lowest BCUT2D eigenvalue weighted by molar-refractivity contribution is -0.152. The quantitative estimate of drug-likeness (QED) is 0.904. The van der Waals surface area contributed by atoms with Gasteiger partial charge in [0.2, 0.25) is 0 Å². The van der Waals surface area contributed by atoms with E-state index >= 15 is 0 Å². The van der Waals surface area contributed by atoms with Crippen molar-refractivity contribution in [2.24, 2.45) is 11.3 Å². The number of carboxylic acids is 1. The van der Waals surface area contributed by atoms with Crippen LogP contribution in [0, 0.1) is 11.3 Å². The normalized spacial score (nSPS) is 27.0. The van der Waals surface area contributed by atoms with Gasteiger partial charge >= 0.3 is 12.1 Å². The van der Waals surface area contributed by atoms with Crippen LogP contribution in [0.1, 0.15) is 25.8 Å². The number of hydrogen-bond acceptors (Lipinski definition) is 3. The van der Waals surface area contributed by atoms with Gasteiger partial charge in [-0.3, -0.25) is 9.18 Å². The molecule has 1 saturated heterocycles. The maximum atomic E-state index is 13.3. The summed E-state index contributed by atoms with van der Waals surface area (Å²) in [5.41, 5.74) is -0.453. The molecule has 0 saturated carbocycles. The average molecular weight is 323 g/mol. The Morgan fingerprint density at radius 3 is 2.57 bits per heavy atom. The summed E-state index contributed by atoms with van der Waals surface area (Å²) in [6, 6.07) is 8.64. The molecule has 1 fully saturated rings. The summed E-state index contributed by atoms with van der Waals surface area (Å²) in [6.45, 7) is 2.70. The van der Waals surface area contributed by atoms with Gasteiger partial charge in [-0.2, -0.15) is 0 Å². The minimum absolute atomic E-state index is 0.0609. The number of carbonyl (C=O) groups excluding carboxylic acids is 1. The van der Waals surface area contributed by atoms with Gasteiger partial charge in [0.1, 0.15) is 6.61 Å². The molecule has 1 aliphatic heterocycles. The molecule has 0 bridgehead atoms. The maximum Gasteiger partial charge on any atom is 0.410 e. The monoisotopic (exact) mass is 323 g/mol. The molecule has 3 atom stereocenters. The highest BCUT2D eigenvalue weighted by atomic mass is 19.1. The van der Waals surface area contributed by atoms with Crippen molar-refractivity contribution in [1.29, 1.82) is 0 Å². The third-order valence-electron chi connectivity index (χ3n) is 4.81. The molecule has 0 radical (unpaired) electrons. The number of likely N-dealkylation sites (tertiary alicyclic amines) is 1. The standard InChI is InChI=1S/C17H22FNO4/c1-3-14-17(2,15(20)21)13(9-18)10-19(14)16(22)23-11-12-7-5-4-6-8-12/h4-8,13-14H,3,9-11H2,1-2H3,(H,20,21)/t13-,14?,17+/m0/s1. The van der Waals surface area contributed by atoms with E-state index in [1.54, 1.807) is 6.92 Å². The fraction of sp³-hybridized carbons (Fsp3) is 0.529. The van der Waals surface area contributed by atoms with Crippen molar-refractivity contribution < 1.29 is 23.8 Å².